The van der Waals surface area contributed by atoms with Gasteiger partial charge in [0.05, 0.1) is 6.54 Å². The van der Waals surface area contributed by atoms with Gasteiger partial charge in [-0.3, -0.25) is 4.79 Å². The highest BCUT2D eigenvalue weighted by atomic mass is 127. The van der Waals surface area contributed by atoms with E-state index < -0.39 is 5.91 Å². The van der Waals surface area contributed by atoms with Gasteiger partial charge in [-0.2, -0.15) is 0 Å². The molecule has 1 amide bonds. The molecular weight excluding hydrogens is 459 g/mol. The van der Waals surface area contributed by atoms with E-state index in [0.29, 0.717) is 24.8 Å². The van der Waals surface area contributed by atoms with Gasteiger partial charge in [-0.05, 0) is 32.0 Å². The number of primary amides is 1. The number of nitrogens with zero attached hydrogens (tertiary/aromatic N) is 1. The third-order valence-electron chi connectivity index (χ3n) is 4.00. The quantitative estimate of drug-likeness (QED) is 0.284. The highest BCUT2D eigenvalue weighted by Crippen LogP contribution is 2.24. The minimum Gasteiger partial charge on any atom is -0.459 e. The van der Waals surface area contributed by atoms with Crippen molar-refractivity contribution >= 4 is 46.8 Å². The first-order chi connectivity index (χ1) is 12.6. The molecule has 3 rings (SSSR count). The van der Waals surface area contributed by atoms with Crippen molar-refractivity contribution in [2.75, 3.05) is 6.54 Å². The maximum absolute atomic E-state index is 11.1. The molecule has 0 aliphatic carbocycles. The number of amides is 1. The molecule has 0 unspecified atom stereocenters. The Hall–Kier alpha value is -2.49. The number of halogens is 1. The minimum absolute atomic E-state index is 0. The second kappa shape index (κ2) is 9.45. The molecule has 0 fully saturated rings. The smallest absolute Gasteiger partial charge is 0.284 e. The lowest BCUT2D eigenvalue weighted by molar-refractivity contribution is 0.0972. The first kappa shape index (κ1) is 20.8. The molecule has 4 N–H and O–H groups in total. The molecule has 144 valence electrons. The summed E-state index contributed by atoms with van der Waals surface area (Å²) in [5.41, 5.74) is 7.17. The third-order valence-corrected chi connectivity index (χ3v) is 4.00. The second-order valence-corrected chi connectivity index (χ2v) is 5.83. The number of carbonyl (C=O) groups is 1. The summed E-state index contributed by atoms with van der Waals surface area (Å²) < 4.78 is 11.2. The number of hydrogen-bond donors (Lipinski definition) is 3. The number of furan rings is 2. The van der Waals surface area contributed by atoms with E-state index >= 15 is 0 Å². The SMILES string of the molecule is CCNC(=NCc1ccc(C(N)=O)o1)NCc1oc2ccccc2c1C.I. The van der Waals surface area contributed by atoms with Gasteiger partial charge in [0.25, 0.3) is 5.91 Å². The van der Waals surface area contributed by atoms with Crippen LogP contribution in [0.2, 0.25) is 0 Å². The van der Waals surface area contributed by atoms with Crippen LogP contribution in [-0.4, -0.2) is 18.4 Å². The summed E-state index contributed by atoms with van der Waals surface area (Å²) in [7, 11) is 0. The maximum Gasteiger partial charge on any atom is 0.284 e. The number of hydrogen-bond acceptors (Lipinski definition) is 4. The Kier molecular flexibility index (Phi) is 7.28. The van der Waals surface area contributed by atoms with Crippen LogP contribution < -0.4 is 16.4 Å². The van der Waals surface area contributed by atoms with E-state index in [1.165, 1.54) is 0 Å². The van der Waals surface area contributed by atoms with Crippen LogP contribution in [0.4, 0.5) is 0 Å². The predicted octanol–water partition coefficient (Wildman–Crippen LogP) is 3.31. The van der Waals surface area contributed by atoms with Crippen LogP contribution in [0.3, 0.4) is 0 Å². The fraction of sp³-hybridized carbons (Fsp3) is 0.263. The normalized spacial score (nSPS) is 11.3. The molecule has 1 aromatic carbocycles. The molecule has 0 spiro atoms. The van der Waals surface area contributed by atoms with E-state index in [0.717, 1.165) is 28.8 Å². The van der Waals surface area contributed by atoms with Crippen molar-refractivity contribution in [2.24, 2.45) is 10.7 Å². The minimum atomic E-state index is -0.592. The molecule has 7 nitrogen and oxygen atoms in total. The number of fused-ring (bicyclic) bond motifs is 1. The van der Waals surface area contributed by atoms with Gasteiger partial charge in [0.1, 0.15) is 23.6 Å². The zero-order valence-electron chi connectivity index (χ0n) is 15.2. The lowest BCUT2D eigenvalue weighted by Gasteiger charge is -2.10. The molecule has 0 bridgehead atoms. The molecule has 0 atom stereocenters. The van der Waals surface area contributed by atoms with Crippen molar-refractivity contribution < 1.29 is 13.6 Å². The summed E-state index contributed by atoms with van der Waals surface area (Å²) in [6.07, 6.45) is 0. The van der Waals surface area contributed by atoms with E-state index in [2.05, 4.69) is 15.6 Å². The van der Waals surface area contributed by atoms with Crippen molar-refractivity contribution in [3.63, 3.8) is 0 Å². The Bertz CT molecular complexity index is 945. The number of guanidine groups is 1. The topological polar surface area (TPSA) is 106 Å². The summed E-state index contributed by atoms with van der Waals surface area (Å²) in [6, 6.07) is 11.2. The van der Waals surface area contributed by atoms with Crippen LogP contribution in [0, 0.1) is 6.92 Å². The Labute approximate surface area is 174 Å². The molecule has 8 heteroatoms. The van der Waals surface area contributed by atoms with Crippen LogP contribution in [-0.2, 0) is 13.1 Å². The number of para-hydroxylation sites is 1. The fourth-order valence-corrected chi connectivity index (χ4v) is 2.65. The van der Waals surface area contributed by atoms with E-state index in [1.807, 2.05) is 38.1 Å². The summed E-state index contributed by atoms with van der Waals surface area (Å²) in [4.78, 5) is 15.5. The monoisotopic (exact) mass is 482 g/mol. The number of rotatable bonds is 6. The zero-order chi connectivity index (χ0) is 18.5. The lowest BCUT2D eigenvalue weighted by atomic mass is 10.1. The standard InChI is InChI=1S/C19H22N4O3.HI/c1-3-21-19(22-10-13-8-9-16(25-13)18(20)24)23-11-17-12(2)14-6-4-5-7-15(14)26-17;/h4-9H,3,10-11H2,1-2H3,(H2,20,24)(H2,21,22,23);1H. The Morgan fingerprint density at radius 2 is 1.93 bits per heavy atom. The molecule has 0 saturated heterocycles. The van der Waals surface area contributed by atoms with Crippen molar-refractivity contribution in [1.82, 2.24) is 10.6 Å². The summed E-state index contributed by atoms with van der Waals surface area (Å²) in [5, 5.41) is 7.53. The van der Waals surface area contributed by atoms with Crippen LogP contribution in [0.15, 0.2) is 50.2 Å². The van der Waals surface area contributed by atoms with Crippen LogP contribution in [0.25, 0.3) is 11.0 Å². The first-order valence-electron chi connectivity index (χ1n) is 8.46. The summed E-state index contributed by atoms with van der Waals surface area (Å²) in [5.74, 6) is 1.60. The number of nitrogens with one attached hydrogen (secondary N) is 2. The Balaban J connectivity index is 0.00000261. The van der Waals surface area contributed by atoms with E-state index in [4.69, 9.17) is 14.6 Å². The van der Waals surface area contributed by atoms with Crippen molar-refractivity contribution in [2.45, 2.75) is 26.9 Å². The van der Waals surface area contributed by atoms with Gasteiger partial charge in [-0.1, -0.05) is 18.2 Å². The zero-order valence-corrected chi connectivity index (χ0v) is 17.6. The van der Waals surface area contributed by atoms with E-state index in [9.17, 15) is 4.79 Å². The lowest BCUT2D eigenvalue weighted by Crippen LogP contribution is -2.36. The van der Waals surface area contributed by atoms with Crippen LogP contribution >= 0.6 is 24.0 Å². The van der Waals surface area contributed by atoms with Crippen molar-refractivity contribution in [1.29, 1.82) is 0 Å². The van der Waals surface area contributed by atoms with E-state index in [1.54, 1.807) is 12.1 Å². The average molecular weight is 482 g/mol. The number of nitrogens with two attached hydrogens (primary N) is 1. The molecule has 0 aliphatic heterocycles. The van der Waals surface area contributed by atoms with Gasteiger partial charge < -0.3 is 25.2 Å². The summed E-state index contributed by atoms with van der Waals surface area (Å²) >= 11 is 0. The maximum atomic E-state index is 11.1. The van der Waals surface area contributed by atoms with Crippen molar-refractivity contribution in [3.05, 3.63) is 59.2 Å². The van der Waals surface area contributed by atoms with Gasteiger partial charge in [0.2, 0.25) is 0 Å². The molecular formula is C19H23IN4O3. The predicted molar refractivity (Wildman–Crippen MR) is 115 cm³/mol. The molecule has 27 heavy (non-hydrogen) atoms. The number of aryl methyl sites for hydroxylation is 1. The van der Waals surface area contributed by atoms with Gasteiger partial charge >= 0.3 is 0 Å². The molecule has 0 aliphatic rings. The molecule has 0 saturated carbocycles. The van der Waals surface area contributed by atoms with Crippen LogP contribution in [0.1, 0.15) is 34.6 Å². The van der Waals surface area contributed by atoms with E-state index in [-0.39, 0.29) is 29.7 Å². The van der Waals surface area contributed by atoms with Gasteiger partial charge in [0.15, 0.2) is 11.7 Å². The highest BCUT2D eigenvalue weighted by molar-refractivity contribution is 14.0. The first-order valence-corrected chi connectivity index (χ1v) is 8.46. The Morgan fingerprint density at radius 1 is 1.15 bits per heavy atom. The van der Waals surface area contributed by atoms with Gasteiger partial charge in [0, 0.05) is 17.5 Å². The highest BCUT2D eigenvalue weighted by Gasteiger charge is 2.11. The second-order valence-electron chi connectivity index (χ2n) is 5.83. The molecule has 2 heterocycles. The molecule has 3 aromatic rings. The summed E-state index contributed by atoms with van der Waals surface area (Å²) in [6.45, 7) is 5.55. The largest absolute Gasteiger partial charge is 0.459 e. The third kappa shape index (κ3) is 5.03. The average Bonchev–Trinajstić information content (AvgIpc) is 3.23. The van der Waals surface area contributed by atoms with Gasteiger partial charge in [-0.15, -0.1) is 24.0 Å². The fourth-order valence-electron chi connectivity index (χ4n) is 2.65. The Morgan fingerprint density at radius 3 is 2.59 bits per heavy atom. The van der Waals surface area contributed by atoms with Gasteiger partial charge in [-0.25, -0.2) is 4.99 Å². The number of carbonyl (C=O) groups excluding carboxylic acids is 1. The number of aliphatic imine (C=N–C) groups is 1. The molecule has 0 radical (unpaired) electrons. The number of benzene rings is 1. The van der Waals surface area contributed by atoms with Crippen LogP contribution in [0.5, 0.6) is 0 Å². The van der Waals surface area contributed by atoms with Crippen molar-refractivity contribution in [3.8, 4) is 0 Å². The molecule has 2 aromatic heterocycles.